The fourth-order valence-corrected chi connectivity index (χ4v) is 0. The normalized spacial score (nSPS) is 7.00. The van der Waals surface area contributed by atoms with Gasteiger partial charge in [-0.1, -0.05) is 0 Å². The number of rotatable bonds is 0. The third kappa shape index (κ3) is 635. The van der Waals surface area contributed by atoms with Gasteiger partial charge in [0.15, 0.2) is 17.4 Å². The Morgan fingerprint density at radius 3 is 1.00 bits per heavy atom. The van der Waals surface area contributed by atoms with E-state index in [0.717, 1.165) is 0 Å². The van der Waals surface area contributed by atoms with Crippen LogP contribution in [0, 0.1) is 0 Å². The van der Waals surface area contributed by atoms with Gasteiger partial charge in [-0.2, -0.15) is 0 Å². The van der Waals surface area contributed by atoms with Crippen LogP contribution in [0.5, 0.6) is 0 Å². The van der Waals surface area contributed by atoms with Crippen molar-refractivity contribution in [3.8, 4) is 0 Å². The van der Waals surface area contributed by atoms with Crippen LogP contribution in [-0.4, -0.2) is 108 Å². The molecule has 0 amide bonds. The first-order chi connectivity index (χ1) is 3.73. The molecule has 0 aliphatic heterocycles. The average Bonchev–Trinajstić information content (AvgIpc) is 1.19. The Kier molecular flexibility index (Phi) is 36.2. The molecule has 0 atom stereocenters. The van der Waals surface area contributed by atoms with Crippen LogP contribution in [0.1, 0.15) is 5.71 Å². The van der Waals surface area contributed by atoms with Gasteiger partial charge in [0.1, 0.15) is 0 Å². The van der Waals surface area contributed by atoms with Gasteiger partial charge in [-0.05, 0) is 0 Å². The average molecular weight is 241 g/mol. The predicted octanol–water partition coefficient (Wildman–Crippen LogP) is -3.88. The van der Waals surface area contributed by atoms with E-state index in [0.29, 0.717) is 0 Å². The van der Waals surface area contributed by atoms with Crippen molar-refractivity contribution in [2.45, 2.75) is 0 Å². The standard InChI is InChI=1S/CH2O3.Al.2Mg.H4O4Si.7H/c2-1(3)4;;;;1-5(2,3)4;;;;;;;/h(H2,2,3,4);;;;1-4H;;;;;;;/q;;2*+2;;;;;4*-1. The molecule has 0 aromatic rings. The van der Waals surface area contributed by atoms with Crippen LogP contribution in [-0.2, 0) is 0 Å². The summed E-state index contributed by atoms with van der Waals surface area (Å²) in [4.78, 5) is 37.9. The molecule has 11 heteroatoms. The molecule has 0 aromatic heterocycles. The number of hydrogen-bond acceptors (Lipinski definition) is 5. The minimum Gasteiger partial charge on any atom is -1.00 e. The molecule has 0 aliphatic rings. The zero-order valence-electron chi connectivity index (χ0n) is 9.51. The van der Waals surface area contributed by atoms with Gasteiger partial charge in [0.05, 0.1) is 0 Å². The van der Waals surface area contributed by atoms with Crippen LogP contribution in [0.15, 0.2) is 0 Å². The molecular weight excluding hydrogens is 228 g/mol. The third-order valence-electron chi connectivity index (χ3n) is 0. The second kappa shape index (κ2) is 14.9. The van der Waals surface area contributed by atoms with Crippen LogP contribution in [0.3, 0.4) is 0 Å². The van der Waals surface area contributed by atoms with E-state index >= 15 is 0 Å². The molecule has 0 aliphatic carbocycles. The smallest absolute Gasteiger partial charge is 1.00 e. The molecule has 0 saturated carbocycles. The zero-order valence-corrected chi connectivity index (χ0v) is 9.33. The molecule has 7 nitrogen and oxygen atoms in total. The van der Waals surface area contributed by atoms with Crippen molar-refractivity contribution in [3.63, 3.8) is 0 Å². The topological polar surface area (TPSA) is 138 Å². The van der Waals surface area contributed by atoms with E-state index < -0.39 is 15.2 Å². The SMILES string of the molecule is O=C(O)O.O[Si](O)(O)O.[AlH3].[H-].[H-].[H-].[H-].[Mg+2].[Mg+2]. The van der Waals surface area contributed by atoms with E-state index in [-0.39, 0.29) is 69.2 Å². The number of carbonyl (C=O) groups is 1. The third-order valence-corrected chi connectivity index (χ3v) is 0. The summed E-state index contributed by atoms with van der Waals surface area (Å²) in [6.45, 7) is 0. The Morgan fingerprint density at radius 1 is 1.00 bits per heavy atom. The molecule has 0 unspecified atom stereocenters. The van der Waals surface area contributed by atoms with Crippen LogP contribution >= 0.6 is 0 Å². The summed E-state index contributed by atoms with van der Waals surface area (Å²) in [7, 11) is -4.61. The summed E-state index contributed by atoms with van der Waals surface area (Å²) in [5.74, 6) is 0. The van der Waals surface area contributed by atoms with Crippen LogP contribution in [0.4, 0.5) is 4.79 Å². The summed E-state index contributed by atoms with van der Waals surface area (Å²) < 4.78 is 0. The Balaban J connectivity index is -0.00000000614. The second-order valence-corrected chi connectivity index (χ2v) is 2.08. The van der Waals surface area contributed by atoms with Gasteiger partial charge < -0.3 is 35.1 Å². The zero-order chi connectivity index (χ0) is 8.08. The number of hydrogen-bond donors (Lipinski definition) is 6. The maximum atomic E-state index is 8.56. The molecule has 0 spiro atoms. The predicted molar refractivity (Wildman–Crippen MR) is 51.2 cm³/mol. The van der Waals surface area contributed by atoms with Gasteiger partial charge >= 0.3 is 61.3 Å². The molecule has 70 valence electrons. The van der Waals surface area contributed by atoms with Gasteiger partial charge in [0.2, 0.25) is 0 Å². The van der Waals surface area contributed by atoms with Crippen molar-refractivity contribution in [3.05, 3.63) is 0 Å². The minimum atomic E-state index is -4.61. The molecule has 0 rings (SSSR count). The first-order valence-corrected chi connectivity index (χ1v) is 3.33. The summed E-state index contributed by atoms with van der Waals surface area (Å²) in [5, 5.41) is 13.9. The van der Waals surface area contributed by atoms with E-state index in [1.54, 1.807) is 0 Å². The molecular formula is CH13AlMg2O7Si. The Morgan fingerprint density at radius 2 is 1.00 bits per heavy atom. The number of carboxylic acid groups (broad SMARTS) is 2. The van der Waals surface area contributed by atoms with Crippen molar-refractivity contribution in [1.29, 1.82) is 0 Å². The molecule has 6 N–H and O–H groups in total. The van der Waals surface area contributed by atoms with E-state index in [4.69, 9.17) is 34.2 Å². The Hall–Kier alpha value is 1.39. The molecule has 0 radical (unpaired) electrons. The molecule has 0 saturated heterocycles. The van der Waals surface area contributed by atoms with E-state index in [1.807, 2.05) is 0 Å². The first kappa shape index (κ1) is 29.2. The van der Waals surface area contributed by atoms with Gasteiger partial charge in [-0.15, -0.1) is 0 Å². The first-order valence-electron chi connectivity index (χ1n) is 1.55. The monoisotopic (exact) mass is 240 g/mol. The van der Waals surface area contributed by atoms with Crippen molar-refractivity contribution in [2.24, 2.45) is 0 Å². The van der Waals surface area contributed by atoms with Crippen LogP contribution < -0.4 is 0 Å². The molecule has 0 heterocycles. The van der Waals surface area contributed by atoms with Crippen LogP contribution in [0.2, 0.25) is 0 Å². The fourth-order valence-electron chi connectivity index (χ4n) is 0. The van der Waals surface area contributed by atoms with E-state index in [2.05, 4.69) is 0 Å². The maximum Gasteiger partial charge on any atom is 2.00 e. The largest absolute Gasteiger partial charge is 2.00 e. The van der Waals surface area contributed by atoms with Gasteiger partial charge in [-0.25, -0.2) is 4.79 Å². The molecule has 0 fully saturated rings. The van der Waals surface area contributed by atoms with Crippen molar-refractivity contribution < 1.29 is 39.9 Å². The van der Waals surface area contributed by atoms with Crippen molar-refractivity contribution >= 4 is 78.7 Å². The van der Waals surface area contributed by atoms with Gasteiger partial charge in [0.25, 0.3) is 0 Å². The second-order valence-electron chi connectivity index (χ2n) is 0.883. The quantitative estimate of drug-likeness (QED) is 0.238. The molecule has 0 bridgehead atoms. The van der Waals surface area contributed by atoms with Crippen molar-refractivity contribution in [1.82, 2.24) is 0 Å². The summed E-state index contributed by atoms with van der Waals surface area (Å²) in [5.41, 5.74) is 0. The Labute approximate surface area is 118 Å². The Bertz CT molecular complexity index is 96.9. The maximum absolute atomic E-state index is 8.56. The van der Waals surface area contributed by atoms with Crippen LogP contribution in [0.25, 0.3) is 0 Å². The molecule has 12 heavy (non-hydrogen) atoms. The van der Waals surface area contributed by atoms with Crippen molar-refractivity contribution in [2.75, 3.05) is 0 Å². The van der Waals surface area contributed by atoms with E-state index in [9.17, 15) is 0 Å². The summed E-state index contributed by atoms with van der Waals surface area (Å²) >= 11 is 0. The summed E-state index contributed by atoms with van der Waals surface area (Å²) in [6, 6.07) is 0. The van der Waals surface area contributed by atoms with Gasteiger partial charge in [-0.3, -0.25) is 0 Å². The fraction of sp³-hybridized carbons (Fsp3) is 0. The summed E-state index contributed by atoms with van der Waals surface area (Å²) in [6.07, 6.45) is -1.83. The van der Waals surface area contributed by atoms with E-state index in [1.165, 1.54) is 0 Å². The molecule has 0 aromatic carbocycles. The minimum absolute atomic E-state index is 0. The van der Waals surface area contributed by atoms with Gasteiger partial charge in [0, 0.05) is 0 Å².